The molecule has 126 valence electrons. The van der Waals surface area contributed by atoms with E-state index in [4.69, 9.17) is 4.74 Å². The summed E-state index contributed by atoms with van der Waals surface area (Å²) in [6.45, 7) is 3.64. The number of rotatable bonds is 5. The molecule has 1 aliphatic carbocycles. The standard InChI is InChI=1S/C18H26N2O3/c1-12(2)17(21)20-15-11-13(9-10-16(15)23-3)18(22)19-14-7-5-4-6-8-14/h9-12,14H,4-8H2,1-3H3,(H,19,22)(H,20,21). The van der Waals surface area contributed by atoms with Crippen LogP contribution in [0.2, 0.25) is 0 Å². The second-order valence-electron chi connectivity index (χ2n) is 6.37. The smallest absolute Gasteiger partial charge is 0.251 e. The first-order valence-electron chi connectivity index (χ1n) is 8.31. The Bertz CT molecular complexity index is 563. The van der Waals surface area contributed by atoms with E-state index in [9.17, 15) is 9.59 Å². The zero-order valence-electron chi connectivity index (χ0n) is 14.1. The molecule has 5 nitrogen and oxygen atoms in total. The molecule has 2 rings (SSSR count). The molecule has 2 amide bonds. The lowest BCUT2D eigenvalue weighted by atomic mass is 9.95. The molecule has 0 bridgehead atoms. The van der Waals surface area contributed by atoms with Crippen LogP contribution in [0.3, 0.4) is 0 Å². The third-order valence-corrected chi connectivity index (χ3v) is 4.18. The Hall–Kier alpha value is -2.04. The van der Waals surface area contributed by atoms with Crippen molar-refractivity contribution in [1.29, 1.82) is 0 Å². The first-order valence-corrected chi connectivity index (χ1v) is 8.31. The Morgan fingerprint density at radius 3 is 2.48 bits per heavy atom. The number of hydrogen-bond donors (Lipinski definition) is 2. The molecule has 0 saturated heterocycles. The third-order valence-electron chi connectivity index (χ3n) is 4.18. The summed E-state index contributed by atoms with van der Waals surface area (Å²) in [7, 11) is 1.54. The minimum absolute atomic E-state index is 0.0976. The number of amides is 2. The molecular weight excluding hydrogens is 292 g/mol. The van der Waals surface area contributed by atoms with Crippen LogP contribution in [0.4, 0.5) is 5.69 Å². The molecule has 1 aliphatic rings. The highest BCUT2D eigenvalue weighted by atomic mass is 16.5. The van der Waals surface area contributed by atoms with Crippen molar-refractivity contribution in [1.82, 2.24) is 5.32 Å². The van der Waals surface area contributed by atoms with E-state index in [1.54, 1.807) is 25.3 Å². The van der Waals surface area contributed by atoms with Crippen LogP contribution >= 0.6 is 0 Å². The maximum Gasteiger partial charge on any atom is 0.251 e. The van der Waals surface area contributed by atoms with Gasteiger partial charge in [-0.3, -0.25) is 9.59 Å². The Kier molecular flexibility index (Phi) is 6.02. The predicted molar refractivity (Wildman–Crippen MR) is 90.8 cm³/mol. The van der Waals surface area contributed by atoms with E-state index in [2.05, 4.69) is 10.6 Å². The van der Waals surface area contributed by atoms with E-state index < -0.39 is 0 Å². The van der Waals surface area contributed by atoms with Gasteiger partial charge in [-0.05, 0) is 31.0 Å². The highest BCUT2D eigenvalue weighted by Crippen LogP contribution is 2.26. The molecule has 0 unspecified atom stereocenters. The SMILES string of the molecule is COc1ccc(C(=O)NC2CCCCC2)cc1NC(=O)C(C)C. The first kappa shape index (κ1) is 17.3. The van der Waals surface area contributed by atoms with Gasteiger partial charge in [0.15, 0.2) is 0 Å². The lowest BCUT2D eigenvalue weighted by molar-refractivity contribution is -0.118. The van der Waals surface area contributed by atoms with Crippen molar-refractivity contribution in [3.63, 3.8) is 0 Å². The molecule has 0 heterocycles. The minimum Gasteiger partial charge on any atom is -0.495 e. The fraction of sp³-hybridized carbons (Fsp3) is 0.556. The zero-order valence-corrected chi connectivity index (χ0v) is 14.1. The number of nitrogens with one attached hydrogen (secondary N) is 2. The highest BCUT2D eigenvalue weighted by Gasteiger charge is 2.18. The van der Waals surface area contributed by atoms with Crippen molar-refractivity contribution in [2.75, 3.05) is 12.4 Å². The number of benzene rings is 1. The van der Waals surface area contributed by atoms with Crippen LogP contribution in [0.15, 0.2) is 18.2 Å². The van der Waals surface area contributed by atoms with Gasteiger partial charge in [-0.2, -0.15) is 0 Å². The molecule has 1 aromatic rings. The molecule has 2 N–H and O–H groups in total. The van der Waals surface area contributed by atoms with Crippen LogP contribution in [-0.4, -0.2) is 25.0 Å². The van der Waals surface area contributed by atoms with Crippen molar-refractivity contribution in [2.45, 2.75) is 52.0 Å². The summed E-state index contributed by atoms with van der Waals surface area (Å²) in [5.74, 6) is 0.209. The summed E-state index contributed by atoms with van der Waals surface area (Å²) in [5.41, 5.74) is 1.07. The molecule has 0 aliphatic heterocycles. The van der Waals surface area contributed by atoms with Crippen LogP contribution in [0.25, 0.3) is 0 Å². The molecule has 0 aromatic heterocycles. The lowest BCUT2D eigenvalue weighted by Gasteiger charge is -2.23. The minimum atomic E-state index is -0.139. The molecule has 1 fully saturated rings. The van der Waals surface area contributed by atoms with E-state index in [0.717, 1.165) is 12.8 Å². The van der Waals surface area contributed by atoms with E-state index in [1.807, 2.05) is 13.8 Å². The molecular formula is C18H26N2O3. The Morgan fingerprint density at radius 2 is 1.87 bits per heavy atom. The van der Waals surface area contributed by atoms with E-state index in [1.165, 1.54) is 19.3 Å². The van der Waals surface area contributed by atoms with Crippen LogP contribution < -0.4 is 15.4 Å². The quantitative estimate of drug-likeness (QED) is 0.875. The zero-order chi connectivity index (χ0) is 16.8. The van der Waals surface area contributed by atoms with Gasteiger partial charge in [-0.25, -0.2) is 0 Å². The van der Waals surface area contributed by atoms with Gasteiger partial charge in [0.1, 0.15) is 5.75 Å². The summed E-state index contributed by atoms with van der Waals surface area (Å²) in [4.78, 5) is 24.3. The summed E-state index contributed by atoms with van der Waals surface area (Å²) in [6.07, 6.45) is 5.67. The summed E-state index contributed by atoms with van der Waals surface area (Å²) in [6, 6.07) is 5.37. The number of carbonyl (C=O) groups excluding carboxylic acids is 2. The maximum atomic E-state index is 12.4. The average molecular weight is 318 g/mol. The number of methoxy groups -OCH3 is 1. The monoisotopic (exact) mass is 318 g/mol. The van der Waals surface area contributed by atoms with Crippen molar-refractivity contribution in [2.24, 2.45) is 5.92 Å². The molecule has 0 atom stereocenters. The van der Waals surface area contributed by atoms with Crippen molar-refractivity contribution in [3.8, 4) is 5.75 Å². The Morgan fingerprint density at radius 1 is 1.17 bits per heavy atom. The average Bonchev–Trinajstić information content (AvgIpc) is 2.55. The largest absolute Gasteiger partial charge is 0.495 e. The van der Waals surface area contributed by atoms with Crippen molar-refractivity contribution < 1.29 is 14.3 Å². The molecule has 1 saturated carbocycles. The molecule has 0 spiro atoms. The van der Waals surface area contributed by atoms with Gasteiger partial charge in [0, 0.05) is 17.5 Å². The van der Waals surface area contributed by atoms with Gasteiger partial charge in [0.05, 0.1) is 12.8 Å². The van der Waals surface area contributed by atoms with Crippen LogP contribution in [0.1, 0.15) is 56.3 Å². The van der Waals surface area contributed by atoms with Crippen LogP contribution in [0, 0.1) is 5.92 Å². The van der Waals surface area contributed by atoms with Gasteiger partial charge < -0.3 is 15.4 Å². The predicted octanol–water partition coefficient (Wildman–Crippen LogP) is 3.35. The second kappa shape index (κ2) is 7.99. The molecule has 23 heavy (non-hydrogen) atoms. The number of hydrogen-bond acceptors (Lipinski definition) is 3. The Balaban J connectivity index is 2.12. The fourth-order valence-corrected chi connectivity index (χ4v) is 2.74. The summed E-state index contributed by atoms with van der Waals surface area (Å²) in [5, 5.41) is 5.90. The van der Waals surface area contributed by atoms with Crippen LogP contribution in [0.5, 0.6) is 5.75 Å². The number of ether oxygens (including phenoxy) is 1. The second-order valence-corrected chi connectivity index (χ2v) is 6.37. The van der Waals surface area contributed by atoms with E-state index in [-0.39, 0.29) is 23.8 Å². The van der Waals surface area contributed by atoms with E-state index >= 15 is 0 Å². The number of carbonyl (C=O) groups is 2. The summed E-state index contributed by atoms with van der Waals surface area (Å²) >= 11 is 0. The maximum absolute atomic E-state index is 12.4. The highest BCUT2D eigenvalue weighted by molar-refractivity contribution is 5.98. The van der Waals surface area contributed by atoms with Crippen LogP contribution in [-0.2, 0) is 4.79 Å². The van der Waals surface area contributed by atoms with E-state index in [0.29, 0.717) is 17.0 Å². The molecule has 1 aromatic carbocycles. The number of anilines is 1. The van der Waals surface area contributed by atoms with Gasteiger partial charge in [-0.1, -0.05) is 33.1 Å². The lowest BCUT2D eigenvalue weighted by Crippen LogP contribution is -2.36. The first-order chi connectivity index (χ1) is 11.0. The third kappa shape index (κ3) is 4.71. The fourth-order valence-electron chi connectivity index (χ4n) is 2.74. The van der Waals surface area contributed by atoms with Gasteiger partial charge in [0.2, 0.25) is 5.91 Å². The van der Waals surface area contributed by atoms with Gasteiger partial charge >= 0.3 is 0 Å². The van der Waals surface area contributed by atoms with Gasteiger partial charge in [0.25, 0.3) is 5.91 Å². The normalized spacial score (nSPS) is 15.3. The topological polar surface area (TPSA) is 67.4 Å². The molecule has 0 radical (unpaired) electrons. The van der Waals surface area contributed by atoms with Crippen molar-refractivity contribution in [3.05, 3.63) is 23.8 Å². The van der Waals surface area contributed by atoms with Gasteiger partial charge in [-0.15, -0.1) is 0 Å². The molecule has 5 heteroatoms. The van der Waals surface area contributed by atoms with Crippen molar-refractivity contribution >= 4 is 17.5 Å². The summed E-state index contributed by atoms with van der Waals surface area (Å²) < 4.78 is 5.26. The Labute approximate surface area is 137 Å².